The summed E-state index contributed by atoms with van der Waals surface area (Å²) >= 11 is 0. The Labute approximate surface area is 103 Å². The van der Waals surface area contributed by atoms with Crippen LogP contribution in [-0.4, -0.2) is 21.4 Å². The summed E-state index contributed by atoms with van der Waals surface area (Å²) in [7, 11) is 0. The molecule has 1 aromatic carbocycles. The maximum Gasteiger partial charge on any atom is 0.309 e. The standard InChI is InChI=1S/C14H11NO3/c16-13(17)7-10-5-6-12-14(18)11-4-2-1-3-9(11)8-15(10)12/h1-6H,7-8H2,(H,16,17). The molecule has 0 atom stereocenters. The van der Waals surface area contributed by atoms with Crippen molar-refractivity contribution >= 4 is 11.8 Å². The van der Waals surface area contributed by atoms with Crippen LogP contribution in [0.25, 0.3) is 0 Å². The largest absolute Gasteiger partial charge is 0.481 e. The second-order valence-electron chi connectivity index (χ2n) is 4.35. The molecular formula is C14H11NO3. The number of hydrogen-bond acceptors (Lipinski definition) is 2. The predicted octanol–water partition coefficient (Wildman–Crippen LogP) is 1.71. The van der Waals surface area contributed by atoms with E-state index in [4.69, 9.17) is 5.11 Å². The molecule has 0 saturated heterocycles. The van der Waals surface area contributed by atoms with Crippen molar-refractivity contribution in [2.45, 2.75) is 13.0 Å². The van der Waals surface area contributed by atoms with Crippen molar-refractivity contribution in [2.24, 2.45) is 0 Å². The zero-order valence-electron chi connectivity index (χ0n) is 9.59. The van der Waals surface area contributed by atoms with Crippen LogP contribution in [0.1, 0.15) is 27.3 Å². The second kappa shape index (κ2) is 3.84. The zero-order chi connectivity index (χ0) is 12.7. The molecule has 0 saturated carbocycles. The monoisotopic (exact) mass is 241 g/mol. The van der Waals surface area contributed by atoms with Gasteiger partial charge in [0.05, 0.1) is 12.1 Å². The number of aromatic nitrogens is 1. The quantitative estimate of drug-likeness (QED) is 0.743. The maximum atomic E-state index is 12.2. The third-order valence-corrected chi connectivity index (χ3v) is 3.23. The van der Waals surface area contributed by atoms with Gasteiger partial charge in [-0.2, -0.15) is 0 Å². The Balaban J connectivity index is 2.09. The van der Waals surface area contributed by atoms with Gasteiger partial charge in [0.15, 0.2) is 0 Å². The second-order valence-corrected chi connectivity index (χ2v) is 4.35. The van der Waals surface area contributed by atoms with Crippen LogP contribution in [0.4, 0.5) is 0 Å². The van der Waals surface area contributed by atoms with Crippen LogP contribution >= 0.6 is 0 Å². The van der Waals surface area contributed by atoms with E-state index in [9.17, 15) is 9.59 Å². The molecule has 0 amide bonds. The number of benzene rings is 1. The van der Waals surface area contributed by atoms with Crippen molar-refractivity contribution in [2.75, 3.05) is 0 Å². The normalized spacial score (nSPS) is 13.0. The SMILES string of the molecule is O=C(O)Cc1ccc2n1Cc1ccccc1C2=O. The molecule has 1 aliphatic rings. The minimum Gasteiger partial charge on any atom is -0.481 e. The molecule has 1 N–H and O–H groups in total. The molecule has 0 unspecified atom stereocenters. The van der Waals surface area contributed by atoms with E-state index in [1.165, 1.54) is 0 Å². The molecule has 0 radical (unpaired) electrons. The lowest BCUT2D eigenvalue weighted by atomic mass is 9.98. The summed E-state index contributed by atoms with van der Waals surface area (Å²) in [5, 5.41) is 8.85. The molecule has 0 aliphatic carbocycles. The summed E-state index contributed by atoms with van der Waals surface area (Å²) in [4.78, 5) is 23.0. The van der Waals surface area contributed by atoms with E-state index >= 15 is 0 Å². The Morgan fingerprint density at radius 3 is 2.78 bits per heavy atom. The molecule has 1 aliphatic heterocycles. The average Bonchev–Trinajstić information content (AvgIpc) is 2.73. The number of rotatable bonds is 2. The van der Waals surface area contributed by atoms with Gasteiger partial charge in [0.1, 0.15) is 0 Å². The van der Waals surface area contributed by atoms with Crippen LogP contribution in [0.2, 0.25) is 0 Å². The summed E-state index contributed by atoms with van der Waals surface area (Å²) in [6, 6.07) is 10.9. The molecule has 0 spiro atoms. The van der Waals surface area contributed by atoms with Crippen molar-refractivity contribution in [1.29, 1.82) is 0 Å². The van der Waals surface area contributed by atoms with E-state index in [-0.39, 0.29) is 12.2 Å². The summed E-state index contributed by atoms with van der Waals surface area (Å²) < 4.78 is 1.79. The fourth-order valence-electron chi connectivity index (χ4n) is 2.39. The lowest BCUT2D eigenvalue weighted by molar-refractivity contribution is -0.136. The topological polar surface area (TPSA) is 59.3 Å². The highest BCUT2D eigenvalue weighted by molar-refractivity contribution is 6.10. The molecular weight excluding hydrogens is 230 g/mol. The molecule has 18 heavy (non-hydrogen) atoms. The Bertz CT molecular complexity index is 655. The minimum atomic E-state index is -0.887. The van der Waals surface area contributed by atoms with E-state index in [2.05, 4.69) is 0 Å². The Hall–Kier alpha value is -2.36. The number of carboxylic acid groups (broad SMARTS) is 1. The number of fused-ring (bicyclic) bond motifs is 2. The van der Waals surface area contributed by atoms with Crippen LogP contribution < -0.4 is 0 Å². The van der Waals surface area contributed by atoms with Crippen molar-refractivity contribution in [3.05, 3.63) is 58.9 Å². The van der Waals surface area contributed by atoms with Crippen LogP contribution in [0.5, 0.6) is 0 Å². The summed E-state index contributed by atoms with van der Waals surface area (Å²) in [6.45, 7) is 0.562. The summed E-state index contributed by atoms with van der Waals surface area (Å²) in [5.41, 5.74) is 2.90. The van der Waals surface area contributed by atoms with Crippen LogP contribution in [0.3, 0.4) is 0 Å². The molecule has 1 aromatic heterocycles. The first-order valence-corrected chi connectivity index (χ1v) is 5.69. The predicted molar refractivity (Wildman–Crippen MR) is 64.7 cm³/mol. The van der Waals surface area contributed by atoms with Crippen molar-refractivity contribution < 1.29 is 14.7 Å². The highest BCUT2D eigenvalue weighted by Crippen LogP contribution is 2.24. The molecule has 0 fully saturated rings. The van der Waals surface area contributed by atoms with Gasteiger partial charge in [-0.1, -0.05) is 24.3 Å². The van der Waals surface area contributed by atoms with Crippen molar-refractivity contribution in [1.82, 2.24) is 4.57 Å². The lowest BCUT2D eigenvalue weighted by Crippen LogP contribution is -2.22. The van der Waals surface area contributed by atoms with Gasteiger partial charge < -0.3 is 9.67 Å². The summed E-state index contributed by atoms with van der Waals surface area (Å²) in [6.07, 6.45) is -0.0601. The van der Waals surface area contributed by atoms with Gasteiger partial charge >= 0.3 is 5.97 Å². The number of nitrogens with zero attached hydrogens (tertiary/aromatic N) is 1. The molecule has 4 nitrogen and oxygen atoms in total. The first-order valence-electron chi connectivity index (χ1n) is 5.69. The lowest BCUT2D eigenvalue weighted by Gasteiger charge is -2.19. The fourth-order valence-corrected chi connectivity index (χ4v) is 2.39. The maximum absolute atomic E-state index is 12.2. The highest BCUT2D eigenvalue weighted by atomic mass is 16.4. The fraction of sp³-hybridized carbons (Fsp3) is 0.143. The number of hydrogen-bond donors (Lipinski definition) is 1. The van der Waals surface area contributed by atoms with Gasteiger partial charge in [-0.25, -0.2) is 0 Å². The average molecular weight is 241 g/mol. The zero-order valence-corrected chi connectivity index (χ0v) is 9.59. The first kappa shape index (κ1) is 10.8. The van der Waals surface area contributed by atoms with Gasteiger partial charge in [-0.05, 0) is 17.7 Å². The van der Waals surface area contributed by atoms with Crippen molar-refractivity contribution in [3.63, 3.8) is 0 Å². The van der Waals surface area contributed by atoms with Gasteiger partial charge in [0.25, 0.3) is 0 Å². The Morgan fingerprint density at radius 1 is 1.22 bits per heavy atom. The van der Waals surface area contributed by atoms with Crippen LogP contribution in [0.15, 0.2) is 36.4 Å². The van der Waals surface area contributed by atoms with E-state index < -0.39 is 5.97 Å². The number of carboxylic acids is 1. The minimum absolute atomic E-state index is 0.0338. The molecule has 0 bridgehead atoms. The molecule has 90 valence electrons. The molecule has 4 heteroatoms. The van der Waals surface area contributed by atoms with Gasteiger partial charge in [0.2, 0.25) is 5.78 Å². The van der Waals surface area contributed by atoms with Gasteiger partial charge in [0, 0.05) is 17.8 Å². The molecule has 3 rings (SSSR count). The van der Waals surface area contributed by atoms with E-state index in [1.54, 1.807) is 16.7 Å². The smallest absolute Gasteiger partial charge is 0.309 e. The van der Waals surface area contributed by atoms with Crippen molar-refractivity contribution in [3.8, 4) is 0 Å². The number of aliphatic carboxylic acids is 1. The van der Waals surface area contributed by atoms with Gasteiger partial charge in [-0.15, -0.1) is 0 Å². The van der Waals surface area contributed by atoms with E-state index in [0.717, 1.165) is 5.56 Å². The van der Waals surface area contributed by atoms with Crippen LogP contribution in [-0.2, 0) is 17.8 Å². The summed E-state index contributed by atoms with van der Waals surface area (Å²) in [5.74, 6) is -0.921. The molecule has 2 aromatic rings. The van der Waals surface area contributed by atoms with E-state index in [1.807, 2.05) is 24.3 Å². The Kier molecular flexibility index (Phi) is 2.30. The van der Waals surface area contributed by atoms with Gasteiger partial charge in [-0.3, -0.25) is 9.59 Å². The number of ketones is 1. The third kappa shape index (κ3) is 1.54. The number of carbonyl (C=O) groups is 2. The highest BCUT2D eigenvalue weighted by Gasteiger charge is 2.24. The first-order chi connectivity index (χ1) is 8.66. The Morgan fingerprint density at radius 2 is 2.00 bits per heavy atom. The van der Waals surface area contributed by atoms with Crippen LogP contribution in [0, 0.1) is 0 Å². The molecule has 2 heterocycles. The third-order valence-electron chi connectivity index (χ3n) is 3.23. The number of carbonyl (C=O) groups excluding carboxylic acids is 1. The van der Waals surface area contributed by atoms with E-state index in [0.29, 0.717) is 23.5 Å².